The Morgan fingerprint density at radius 2 is 1.75 bits per heavy atom. The average molecular weight is 339 g/mol. The minimum Gasteiger partial charge on any atom is -0.340 e. The maximum atomic E-state index is 12.3. The fraction of sp³-hybridized carbons (Fsp3) is 0.562. The van der Waals surface area contributed by atoms with Gasteiger partial charge in [-0.05, 0) is 23.6 Å². The average Bonchev–Trinajstić information content (AvgIpc) is 2.41. The van der Waals surface area contributed by atoms with E-state index in [0.29, 0.717) is 12.3 Å². The molecule has 110 valence electrons. The van der Waals surface area contributed by atoms with E-state index in [-0.39, 0.29) is 5.91 Å². The van der Waals surface area contributed by atoms with Crippen molar-refractivity contribution in [1.29, 1.82) is 0 Å². The number of benzene rings is 1. The molecule has 0 bridgehead atoms. The molecule has 0 unspecified atom stereocenters. The van der Waals surface area contributed by atoms with Crippen LogP contribution < -0.4 is 0 Å². The van der Waals surface area contributed by atoms with Crippen LogP contribution in [0.15, 0.2) is 28.7 Å². The molecule has 1 aromatic rings. The fourth-order valence-corrected chi connectivity index (χ4v) is 2.85. The van der Waals surface area contributed by atoms with Crippen LogP contribution >= 0.6 is 15.9 Å². The number of piperazine rings is 1. The zero-order valence-electron chi connectivity index (χ0n) is 12.3. The lowest BCUT2D eigenvalue weighted by molar-refractivity contribution is -0.132. The minimum absolute atomic E-state index is 0.247. The molecule has 4 heteroatoms. The maximum absolute atomic E-state index is 12.3. The number of hydrogen-bond donors (Lipinski definition) is 0. The Balaban J connectivity index is 1.81. The van der Waals surface area contributed by atoms with Crippen LogP contribution in [0.3, 0.4) is 0 Å². The maximum Gasteiger partial charge on any atom is 0.227 e. The highest BCUT2D eigenvalue weighted by Crippen LogP contribution is 2.12. The molecule has 0 atom stereocenters. The Labute approximate surface area is 130 Å². The van der Waals surface area contributed by atoms with Gasteiger partial charge in [-0.1, -0.05) is 41.9 Å². The molecule has 0 spiro atoms. The Hall–Kier alpha value is -0.870. The normalized spacial score (nSPS) is 16.7. The Bertz CT molecular complexity index is 436. The van der Waals surface area contributed by atoms with E-state index in [0.717, 1.165) is 42.8 Å². The van der Waals surface area contributed by atoms with Crippen LogP contribution in [0.25, 0.3) is 0 Å². The zero-order valence-corrected chi connectivity index (χ0v) is 13.9. The van der Waals surface area contributed by atoms with Gasteiger partial charge < -0.3 is 4.90 Å². The summed E-state index contributed by atoms with van der Waals surface area (Å²) in [5.74, 6) is 0.941. The summed E-state index contributed by atoms with van der Waals surface area (Å²) in [6, 6.07) is 8.00. The molecule has 0 radical (unpaired) electrons. The van der Waals surface area contributed by atoms with Crippen molar-refractivity contribution in [2.75, 3.05) is 32.7 Å². The molecule has 1 amide bonds. The zero-order chi connectivity index (χ0) is 14.5. The van der Waals surface area contributed by atoms with Crippen LogP contribution in [0.5, 0.6) is 0 Å². The van der Waals surface area contributed by atoms with Crippen LogP contribution in [0.4, 0.5) is 0 Å². The Morgan fingerprint density at radius 1 is 1.15 bits per heavy atom. The Morgan fingerprint density at radius 3 is 2.30 bits per heavy atom. The van der Waals surface area contributed by atoms with Crippen molar-refractivity contribution in [2.24, 2.45) is 5.92 Å². The van der Waals surface area contributed by atoms with E-state index in [9.17, 15) is 4.79 Å². The molecular formula is C16H23BrN2O. The summed E-state index contributed by atoms with van der Waals surface area (Å²) >= 11 is 3.41. The van der Waals surface area contributed by atoms with Crippen molar-refractivity contribution in [3.05, 3.63) is 34.3 Å². The number of nitrogens with zero attached hydrogens (tertiary/aromatic N) is 2. The van der Waals surface area contributed by atoms with Gasteiger partial charge in [-0.15, -0.1) is 0 Å². The molecule has 1 fully saturated rings. The van der Waals surface area contributed by atoms with Crippen LogP contribution in [0.1, 0.15) is 19.4 Å². The van der Waals surface area contributed by atoms with E-state index >= 15 is 0 Å². The summed E-state index contributed by atoms with van der Waals surface area (Å²) in [6.07, 6.45) is 0.511. The molecule has 1 saturated heterocycles. The van der Waals surface area contributed by atoms with Gasteiger partial charge >= 0.3 is 0 Å². The second kappa shape index (κ2) is 7.23. The highest BCUT2D eigenvalue weighted by molar-refractivity contribution is 9.10. The first-order chi connectivity index (χ1) is 9.54. The van der Waals surface area contributed by atoms with Crippen LogP contribution in [-0.2, 0) is 11.2 Å². The van der Waals surface area contributed by atoms with Gasteiger partial charge in [-0.25, -0.2) is 0 Å². The number of carbonyl (C=O) groups is 1. The van der Waals surface area contributed by atoms with Crippen LogP contribution in [-0.4, -0.2) is 48.4 Å². The first-order valence-corrected chi connectivity index (χ1v) is 8.08. The summed E-state index contributed by atoms with van der Waals surface area (Å²) in [5.41, 5.74) is 1.09. The van der Waals surface area contributed by atoms with Crippen LogP contribution in [0, 0.1) is 5.92 Å². The highest BCUT2D eigenvalue weighted by Gasteiger charge is 2.21. The molecule has 1 heterocycles. The van der Waals surface area contributed by atoms with Gasteiger partial charge in [0, 0.05) is 37.2 Å². The molecule has 0 N–H and O–H groups in total. The molecular weight excluding hydrogens is 316 g/mol. The predicted octanol–water partition coefficient (Wildman–Crippen LogP) is 2.79. The predicted molar refractivity (Wildman–Crippen MR) is 85.7 cm³/mol. The molecule has 0 aliphatic carbocycles. The number of hydrogen-bond acceptors (Lipinski definition) is 2. The standard InChI is InChI=1S/C16H23BrN2O/c1-13(2)12-18-7-9-19(10-8-18)16(20)11-14-3-5-15(17)6-4-14/h3-6,13H,7-12H2,1-2H3. The number of carbonyl (C=O) groups excluding carboxylic acids is 1. The van der Waals surface area contributed by atoms with E-state index in [1.165, 1.54) is 0 Å². The molecule has 1 aliphatic heterocycles. The van der Waals surface area contributed by atoms with Crippen molar-refractivity contribution in [2.45, 2.75) is 20.3 Å². The second-order valence-electron chi connectivity index (χ2n) is 5.88. The molecule has 3 nitrogen and oxygen atoms in total. The summed E-state index contributed by atoms with van der Waals surface area (Å²) < 4.78 is 1.05. The lowest BCUT2D eigenvalue weighted by Gasteiger charge is -2.35. The van der Waals surface area contributed by atoms with E-state index in [1.54, 1.807) is 0 Å². The number of rotatable bonds is 4. The second-order valence-corrected chi connectivity index (χ2v) is 6.79. The van der Waals surface area contributed by atoms with Gasteiger partial charge in [0.15, 0.2) is 0 Å². The smallest absolute Gasteiger partial charge is 0.227 e. The molecule has 1 aliphatic rings. The van der Waals surface area contributed by atoms with Crippen molar-refractivity contribution >= 4 is 21.8 Å². The Kier molecular flexibility index (Phi) is 5.61. The van der Waals surface area contributed by atoms with Gasteiger partial charge in [0.2, 0.25) is 5.91 Å². The first-order valence-electron chi connectivity index (χ1n) is 7.29. The summed E-state index contributed by atoms with van der Waals surface area (Å²) in [4.78, 5) is 16.7. The lowest BCUT2D eigenvalue weighted by atomic mass is 10.1. The molecule has 0 saturated carbocycles. The summed E-state index contributed by atoms with van der Waals surface area (Å²) in [6.45, 7) is 9.35. The summed E-state index contributed by atoms with van der Waals surface area (Å²) in [7, 11) is 0. The third-order valence-electron chi connectivity index (χ3n) is 3.62. The van der Waals surface area contributed by atoms with E-state index in [4.69, 9.17) is 0 Å². The monoisotopic (exact) mass is 338 g/mol. The molecule has 2 rings (SSSR count). The van der Waals surface area contributed by atoms with Crippen molar-refractivity contribution in [3.63, 3.8) is 0 Å². The van der Waals surface area contributed by atoms with Crippen molar-refractivity contribution in [1.82, 2.24) is 9.80 Å². The van der Waals surface area contributed by atoms with E-state index < -0.39 is 0 Å². The third-order valence-corrected chi connectivity index (χ3v) is 4.15. The molecule has 1 aromatic carbocycles. The highest BCUT2D eigenvalue weighted by atomic mass is 79.9. The van der Waals surface area contributed by atoms with E-state index in [1.807, 2.05) is 29.2 Å². The van der Waals surface area contributed by atoms with E-state index in [2.05, 4.69) is 34.7 Å². The van der Waals surface area contributed by atoms with Gasteiger partial charge in [-0.3, -0.25) is 9.69 Å². The first kappa shape index (κ1) is 15.5. The number of amides is 1. The van der Waals surface area contributed by atoms with Crippen LogP contribution in [0.2, 0.25) is 0 Å². The quantitative estimate of drug-likeness (QED) is 0.842. The largest absolute Gasteiger partial charge is 0.340 e. The van der Waals surface area contributed by atoms with Crippen molar-refractivity contribution in [3.8, 4) is 0 Å². The van der Waals surface area contributed by atoms with Gasteiger partial charge in [0.25, 0.3) is 0 Å². The molecule has 0 aromatic heterocycles. The minimum atomic E-state index is 0.247. The molecule has 20 heavy (non-hydrogen) atoms. The topological polar surface area (TPSA) is 23.6 Å². The fourth-order valence-electron chi connectivity index (χ4n) is 2.58. The third kappa shape index (κ3) is 4.60. The SMILES string of the molecule is CC(C)CN1CCN(C(=O)Cc2ccc(Br)cc2)CC1. The lowest BCUT2D eigenvalue weighted by Crippen LogP contribution is -2.49. The van der Waals surface area contributed by atoms with Gasteiger partial charge in [0.05, 0.1) is 6.42 Å². The summed E-state index contributed by atoms with van der Waals surface area (Å²) in [5, 5.41) is 0. The van der Waals surface area contributed by atoms with Gasteiger partial charge in [0.1, 0.15) is 0 Å². The number of halogens is 1. The van der Waals surface area contributed by atoms with Gasteiger partial charge in [-0.2, -0.15) is 0 Å². The van der Waals surface area contributed by atoms with Crippen molar-refractivity contribution < 1.29 is 4.79 Å².